The van der Waals surface area contributed by atoms with Crippen LogP contribution in [-0.4, -0.2) is 31.5 Å². The van der Waals surface area contributed by atoms with Crippen molar-refractivity contribution in [1.29, 1.82) is 0 Å². The number of anilines is 1. The van der Waals surface area contributed by atoms with Crippen LogP contribution in [0.4, 0.5) is 18.9 Å². The maximum atomic E-state index is 12.7. The number of sulfonamides is 1. The standard InChI is InChI=1S/C11H15F3N2O2S2/c1-7(8-2-3-8)16(6-11(12,13)14)20(17,18)10-4-9(15)5-19-10/h4-5,7-8H,2-3,6,15H2,1H3. The van der Waals surface area contributed by atoms with Crippen molar-refractivity contribution < 1.29 is 21.6 Å². The van der Waals surface area contributed by atoms with Crippen LogP contribution in [0.1, 0.15) is 19.8 Å². The van der Waals surface area contributed by atoms with Gasteiger partial charge >= 0.3 is 6.18 Å². The summed E-state index contributed by atoms with van der Waals surface area (Å²) in [6.07, 6.45) is -3.05. The van der Waals surface area contributed by atoms with E-state index in [4.69, 9.17) is 5.73 Å². The van der Waals surface area contributed by atoms with Crippen LogP contribution in [0, 0.1) is 5.92 Å². The molecule has 1 aromatic rings. The quantitative estimate of drug-likeness (QED) is 0.904. The van der Waals surface area contributed by atoms with Crippen LogP contribution in [0.2, 0.25) is 0 Å². The summed E-state index contributed by atoms with van der Waals surface area (Å²) in [7, 11) is -4.17. The highest BCUT2D eigenvalue weighted by atomic mass is 32.2. The van der Waals surface area contributed by atoms with Gasteiger partial charge in [0.1, 0.15) is 10.8 Å². The number of hydrogen-bond acceptors (Lipinski definition) is 4. The summed E-state index contributed by atoms with van der Waals surface area (Å²) >= 11 is 0.838. The molecule has 4 nitrogen and oxygen atoms in total. The lowest BCUT2D eigenvalue weighted by molar-refractivity contribution is -0.139. The van der Waals surface area contributed by atoms with Gasteiger partial charge < -0.3 is 5.73 Å². The number of thiophene rings is 1. The molecule has 1 unspecified atom stereocenters. The summed E-state index contributed by atoms with van der Waals surface area (Å²) < 4.78 is 63.2. The molecule has 0 spiro atoms. The van der Waals surface area contributed by atoms with Gasteiger partial charge in [0, 0.05) is 17.1 Å². The smallest absolute Gasteiger partial charge is 0.398 e. The van der Waals surface area contributed by atoms with Crippen LogP contribution in [0.5, 0.6) is 0 Å². The summed E-state index contributed by atoms with van der Waals surface area (Å²) in [5.41, 5.74) is 5.69. The third-order valence-electron chi connectivity index (χ3n) is 3.25. The Kier molecular flexibility index (Phi) is 4.05. The average molecular weight is 328 g/mol. The topological polar surface area (TPSA) is 63.4 Å². The van der Waals surface area contributed by atoms with Crippen molar-refractivity contribution in [3.63, 3.8) is 0 Å². The van der Waals surface area contributed by atoms with Crippen LogP contribution >= 0.6 is 11.3 Å². The Morgan fingerprint density at radius 2 is 2.10 bits per heavy atom. The largest absolute Gasteiger partial charge is 0.402 e. The molecule has 1 heterocycles. The number of nitrogens with zero attached hydrogens (tertiary/aromatic N) is 1. The first-order chi connectivity index (χ1) is 9.11. The van der Waals surface area contributed by atoms with Gasteiger partial charge in [-0.15, -0.1) is 11.3 Å². The molecular weight excluding hydrogens is 313 g/mol. The van der Waals surface area contributed by atoms with E-state index in [-0.39, 0.29) is 15.8 Å². The van der Waals surface area contributed by atoms with E-state index >= 15 is 0 Å². The predicted molar refractivity (Wildman–Crippen MR) is 70.9 cm³/mol. The highest BCUT2D eigenvalue weighted by Crippen LogP contribution is 2.39. The zero-order valence-electron chi connectivity index (χ0n) is 10.7. The van der Waals surface area contributed by atoms with Gasteiger partial charge in [0.05, 0.1) is 0 Å². The third kappa shape index (κ3) is 3.44. The zero-order valence-corrected chi connectivity index (χ0v) is 12.4. The van der Waals surface area contributed by atoms with Crippen molar-refractivity contribution in [2.45, 2.75) is 36.2 Å². The molecule has 0 bridgehead atoms. The Bertz CT molecular complexity index is 579. The molecule has 1 atom stereocenters. The maximum Gasteiger partial charge on any atom is 0.402 e. The van der Waals surface area contributed by atoms with Crippen LogP contribution in [0.3, 0.4) is 0 Å². The summed E-state index contributed by atoms with van der Waals surface area (Å²) in [6.45, 7) is 0.0583. The van der Waals surface area contributed by atoms with Crippen molar-refractivity contribution >= 4 is 27.0 Å². The fourth-order valence-electron chi connectivity index (χ4n) is 2.02. The van der Waals surface area contributed by atoms with Crippen LogP contribution in [-0.2, 0) is 10.0 Å². The molecule has 0 amide bonds. The van der Waals surface area contributed by atoms with E-state index in [1.165, 1.54) is 18.4 Å². The number of nitrogens with two attached hydrogens (primary N) is 1. The first-order valence-corrected chi connectivity index (χ1v) is 8.36. The van der Waals surface area contributed by atoms with E-state index in [9.17, 15) is 21.6 Å². The second-order valence-corrected chi connectivity index (χ2v) is 7.97. The molecule has 1 aliphatic rings. The lowest BCUT2D eigenvalue weighted by atomic mass is 10.2. The van der Waals surface area contributed by atoms with Crippen molar-refractivity contribution in [3.8, 4) is 0 Å². The molecule has 1 aliphatic carbocycles. The van der Waals surface area contributed by atoms with E-state index in [1.807, 2.05) is 0 Å². The summed E-state index contributed by atoms with van der Waals surface area (Å²) in [5.74, 6) is 0.00411. The minimum Gasteiger partial charge on any atom is -0.398 e. The molecule has 0 aliphatic heterocycles. The summed E-state index contributed by atoms with van der Waals surface area (Å²) in [4.78, 5) is 0. The molecule has 1 fully saturated rings. The summed E-state index contributed by atoms with van der Waals surface area (Å²) in [5, 5.41) is 1.40. The molecule has 0 radical (unpaired) electrons. The number of rotatable bonds is 5. The number of nitrogen functional groups attached to an aromatic ring is 1. The molecule has 1 saturated carbocycles. The minimum atomic E-state index is -4.57. The van der Waals surface area contributed by atoms with E-state index in [0.29, 0.717) is 4.31 Å². The van der Waals surface area contributed by atoms with Crippen molar-refractivity contribution in [1.82, 2.24) is 4.31 Å². The summed E-state index contributed by atoms with van der Waals surface area (Å²) in [6, 6.07) is 0.535. The lowest BCUT2D eigenvalue weighted by Gasteiger charge is -2.28. The molecule has 114 valence electrons. The minimum absolute atomic E-state index is 0.00411. The predicted octanol–water partition coefficient (Wildman–Crippen LogP) is 2.68. The van der Waals surface area contributed by atoms with Gasteiger partial charge in [0.25, 0.3) is 10.0 Å². The molecule has 0 aromatic carbocycles. The SMILES string of the molecule is CC(C1CC1)N(CC(F)(F)F)S(=O)(=O)c1cc(N)cs1. The van der Waals surface area contributed by atoms with Gasteiger partial charge in [0.2, 0.25) is 0 Å². The normalized spacial score (nSPS) is 18.4. The highest BCUT2D eigenvalue weighted by Gasteiger charge is 2.44. The van der Waals surface area contributed by atoms with Gasteiger partial charge in [0.15, 0.2) is 0 Å². The maximum absolute atomic E-state index is 12.7. The highest BCUT2D eigenvalue weighted by molar-refractivity contribution is 7.91. The number of alkyl halides is 3. The monoisotopic (exact) mass is 328 g/mol. The molecular formula is C11H15F3N2O2S2. The lowest BCUT2D eigenvalue weighted by Crippen LogP contribution is -2.45. The molecule has 2 N–H and O–H groups in total. The zero-order chi connectivity index (χ0) is 15.1. The van der Waals surface area contributed by atoms with Crippen molar-refractivity contribution in [2.24, 2.45) is 5.92 Å². The first-order valence-electron chi connectivity index (χ1n) is 6.04. The van der Waals surface area contributed by atoms with Crippen LogP contribution < -0.4 is 5.73 Å². The van der Waals surface area contributed by atoms with Crippen LogP contribution in [0.25, 0.3) is 0 Å². The van der Waals surface area contributed by atoms with Gasteiger partial charge in [-0.2, -0.15) is 17.5 Å². The molecule has 20 heavy (non-hydrogen) atoms. The van der Waals surface area contributed by atoms with Crippen molar-refractivity contribution in [3.05, 3.63) is 11.4 Å². The average Bonchev–Trinajstić information content (AvgIpc) is 3.06. The van der Waals surface area contributed by atoms with Gasteiger partial charge in [-0.1, -0.05) is 0 Å². The first kappa shape index (κ1) is 15.6. The Morgan fingerprint density at radius 3 is 2.50 bits per heavy atom. The Labute approximate surface area is 119 Å². The molecule has 9 heteroatoms. The Hall–Kier alpha value is -0.800. The molecule has 1 aromatic heterocycles. The number of hydrogen-bond donors (Lipinski definition) is 1. The Balaban J connectivity index is 2.34. The van der Waals surface area contributed by atoms with Crippen LogP contribution in [0.15, 0.2) is 15.7 Å². The van der Waals surface area contributed by atoms with E-state index in [1.54, 1.807) is 0 Å². The molecule has 2 rings (SSSR count). The third-order valence-corrected chi connectivity index (χ3v) is 6.62. The van der Waals surface area contributed by atoms with Gasteiger partial charge in [-0.3, -0.25) is 0 Å². The Morgan fingerprint density at radius 1 is 1.50 bits per heavy atom. The van der Waals surface area contributed by atoms with E-state index in [2.05, 4.69) is 0 Å². The fraction of sp³-hybridized carbons (Fsp3) is 0.636. The molecule has 0 saturated heterocycles. The second-order valence-electron chi connectivity index (χ2n) is 4.94. The second kappa shape index (κ2) is 5.19. The van der Waals surface area contributed by atoms with Gasteiger partial charge in [-0.25, -0.2) is 8.42 Å². The van der Waals surface area contributed by atoms with Gasteiger partial charge in [-0.05, 0) is 31.7 Å². The van der Waals surface area contributed by atoms with Crippen molar-refractivity contribution in [2.75, 3.05) is 12.3 Å². The van der Waals surface area contributed by atoms with E-state index in [0.717, 1.165) is 24.2 Å². The fourth-order valence-corrected chi connectivity index (χ4v) is 4.90. The number of halogens is 3. The van der Waals surface area contributed by atoms with E-state index < -0.39 is 28.8 Å².